The van der Waals surface area contributed by atoms with Crippen molar-refractivity contribution in [1.29, 1.82) is 0 Å². The molecule has 3 aromatic carbocycles. The summed E-state index contributed by atoms with van der Waals surface area (Å²) in [5.74, 6) is -0.0851. The van der Waals surface area contributed by atoms with Crippen LogP contribution in [0.4, 0.5) is 5.69 Å². The molecule has 3 heterocycles. The Balaban J connectivity index is 1.50. The highest BCUT2D eigenvalue weighted by molar-refractivity contribution is 14.1. The standard InChI is InChI=1S/C32H32Cl2IN3O3/c1-18(2)38-12-10-23(11-13-38)41-28-9-7-22(35)16-24(28)30-32(25-8-6-21(34)15-27(25)36-31(32)40)26(17-29(39)37-30)19-4-3-5-20(33)14-19/h3-9,14-16,18,23,26,30H,10-13,17H2,1-2H3,(H,36,40)(H,37,39). The highest BCUT2D eigenvalue weighted by Crippen LogP contribution is 2.58. The quantitative estimate of drug-likeness (QED) is 0.279. The Kier molecular flexibility index (Phi) is 8.00. The van der Waals surface area contributed by atoms with Gasteiger partial charge in [0.15, 0.2) is 0 Å². The number of nitrogens with zero attached hydrogens (tertiary/aromatic N) is 1. The molecule has 3 unspecified atom stereocenters. The van der Waals surface area contributed by atoms with Gasteiger partial charge in [-0.05, 0) is 103 Å². The molecule has 3 aromatic rings. The van der Waals surface area contributed by atoms with Crippen molar-refractivity contribution in [2.45, 2.75) is 62.6 Å². The zero-order valence-electron chi connectivity index (χ0n) is 22.9. The van der Waals surface area contributed by atoms with Gasteiger partial charge < -0.3 is 20.3 Å². The molecule has 2 N–H and O–H groups in total. The van der Waals surface area contributed by atoms with Crippen LogP contribution in [-0.2, 0) is 15.0 Å². The van der Waals surface area contributed by atoms with Gasteiger partial charge in [0.25, 0.3) is 0 Å². The maximum Gasteiger partial charge on any atom is 0.238 e. The van der Waals surface area contributed by atoms with E-state index in [-0.39, 0.29) is 24.3 Å². The fraction of sp³-hybridized carbons (Fsp3) is 0.375. The van der Waals surface area contributed by atoms with E-state index in [9.17, 15) is 9.59 Å². The first-order valence-electron chi connectivity index (χ1n) is 14.0. The van der Waals surface area contributed by atoms with Gasteiger partial charge in [-0.3, -0.25) is 9.59 Å². The van der Waals surface area contributed by atoms with Gasteiger partial charge in [0.05, 0.1) is 6.04 Å². The molecule has 41 heavy (non-hydrogen) atoms. The van der Waals surface area contributed by atoms with Crippen molar-refractivity contribution in [3.8, 4) is 5.75 Å². The summed E-state index contributed by atoms with van der Waals surface area (Å²) in [5, 5.41) is 7.42. The second kappa shape index (κ2) is 11.4. The van der Waals surface area contributed by atoms with E-state index in [4.69, 9.17) is 27.9 Å². The molecule has 3 aliphatic rings. The summed E-state index contributed by atoms with van der Waals surface area (Å²) < 4.78 is 7.70. The number of nitrogens with one attached hydrogen (secondary N) is 2. The van der Waals surface area contributed by atoms with Crippen molar-refractivity contribution in [3.05, 3.63) is 91.0 Å². The van der Waals surface area contributed by atoms with Gasteiger partial charge in [0.2, 0.25) is 11.8 Å². The first kappa shape index (κ1) is 28.8. The summed E-state index contributed by atoms with van der Waals surface area (Å²) in [5.41, 5.74) is 1.94. The number of halogens is 3. The summed E-state index contributed by atoms with van der Waals surface area (Å²) in [7, 11) is 0. The lowest BCUT2D eigenvalue weighted by atomic mass is 9.59. The Hall–Kier alpha value is -2.33. The molecule has 0 aliphatic carbocycles. The zero-order valence-corrected chi connectivity index (χ0v) is 26.6. The van der Waals surface area contributed by atoms with Crippen LogP contribution >= 0.6 is 45.8 Å². The van der Waals surface area contributed by atoms with Crippen molar-refractivity contribution in [3.63, 3.8) is 0 Å². The molecule has 2 fully saturated rings. The van der Waals surface area contributed by atoms with Crippen molar-refractivity contribution >= 4 is 63.3 Å². The van der Waals surface area contributed by atoms with E-state index < -0.39 is 17.4 Å². The molecule has 0 bridgehead atoms. The maximum atomic E-state index is 14.4. The van der Waals surface area contributed by atoms with Gasteiger partial charge in [-0.25, -0.2) is 0 Å². The number of ether oxygens (including phenoxy) is 1. The number of rotatable bonds is 5. The predicted molar refractivity (Wildman–Crippen MR) is 171 cm³/mol. The van der Waals surface area contributed by atoms with Gasteiger partial charge in [-0.1, -0.05) is 41.4 Å². The van der Waals surface area contributed by atoms with Crippen LogP contribution in [0.1, 0.15) is 61.8 Å². The molecule has 3 atom stereocenters. The number of likely N-dealkylation sites (tertiary alicyclic amines) is 1. The number of benzene rings is 3. The molecule has 2 amide bonds. The number of anilines is 1. The fourth-order valence-electron chi connectivity index (χ4n) is 6.81. The van der Waals surface area contributed by atoms with E-state index in [1.54, 1.807) is 18.2 Å². The Labute approximate surface area is 264 Å². The Morgan fingerprint density at radius 3 is 2.49 bits per heavy atom. The summed E-state index contributed by atoms with van der Waals surface area (Å²) in [4.78, 5) is 30.3. The number of carbonyl (C=O) groups excluding carboxylic acids is 2. The van der Waals surface area contributed by atoms with Gasteiger partial charge in [0.1, 0.15) is 17.3 Å². The van der Waals surface area contributed by atoms with E-state index in [0.717, 1.165) is 46.2 Å². The molecule has 2 saturated heterocycles. The molecule has 214 valence electrons. The van der Waals surface area contributed by atoms with Gasteiger partial charge in [0, 0.05) is 56.3 Å². The van der Waals surface area contributed by atoms with Gasteiger partial charge in [-0.15, -0.1) is 0 Å². The van der Waals surface area contributed by atoms with Gasteiger partial charge >= 0.3 is 0 Å². The van der Waals surface area contributed by atoms with E-state index >= 15 is 0 Å². The molecule has 6 rings (SSSR count). The predicted octanol–water partition coefficient (Wildman–Crippen LogP) is 7.08. The van der Waals surface area contributed by atoms with Crippen LogP contribution < -0.4 is 15.4 Å². The van der Waals surface area contributed by atoms with Crippen LogP contribution in [0, 0.1) is 3.57 Å². The smallest absolute Gasteiger partial charge is 0.238 e. The highest BCUT2D eigenvalue weighted by Gasteiger charge is 2.61. The SMILES string of the molecule is CC(C)N1CCC(Oc2ccc(I)cc2C2NC(=O)CC(c3cccc(Cl)c3)C23C(=O)Nc2cc(Cl)ccc23)CC1. The summed E-state index contributed by atoms with van der Waals surface area (Å²) in [6.45, 7) is 6.38. The summed E-state index contributed by atoms with van der Waals surface area (Å²) in [6, 6.07) is 18.8. The molecular weight excluding hydrogens is 672 g/mol. The zero-order chi connectivity index (χ0) is 28.9. The molecule has 0 radical (unpaired) electrons. The first-order valence-corrected chi connectivity index (χ1v) is 15.9. The van der Waals surface area contributed by atoms with Crippen LogP contribution in [0.2, 0.25) is 10.0 Å². The van der Waals surface area contributed by atoms with Crippen molar-refractivity contribution in [2.24, 2.45) is 0 Å². The van der Waals surface area contributed by atoms with Crippen molar-refractivity contribution in [2.75, 3.05) is 18.4 Å². The lowest BCUT2D eigenvalue weighted by molar-refractivity contribution is -0.131. The number of hydrogen-bond donors (Lipinski definition) is 2. The van der Waals surface area contributed by atoms with Crippen LogP contribution in [0.15, 0.2) is 60.7 Å². The third-order valence-corrected chi connectivity index (χ3v) is 9.93. The Morgan fingerprint density at radius 2 is 1.76 bits per heavy atom. The lowest BCUT2D eigenvalue weighted by Gasteiger charge is -2.47. The fourth-order valence-corrected chi connectivity index (χ4v) is 7.70. The van der Waals surface area contributed by atoms with Crippen LogP contribution in [-0.4, -0.2) is 41.9 Å². The lowest BCUT2D eigenvalue weighted by Crippen LogP contribution is -2.57. The number of carbonyl (C=O) groups is 2. The van der Waals surface area contributed by atoms with Crippen molar-refractivity contribution in [1.82, 2.24) is 10.2 Å². The molecule has 0 aromatic heterocycles. The van der Waals surface area contributed by atoms with E-state index in [1.807, 2.05) is 42.5 Å². The maximum absolute atomic E-state index is 14.4. The topological polar surface area (TPSA) is 70.7 Å². The second-order valence-electron chi connectivity index (χ2n) is 11.5. The molecule has 9 heteroatoms. The van der Waals surface area contributed by atoms with Crippen molar-refractivity contribution < 1.29 is 14.3 Å². The minimum Gasteiger partial charge on any atom is -0.490 e. The minimum absolute atomic E-state index is 0.0475. The minimum atomic E-state index is -1.15. The van der Waals surface area contributed by atoms with E-state index in [1.165, 1.54) is 0 Å². The molecule has 3 aliphatic heterocycles. The highest BCUT2D eigenvalue weighted by atomic mass is 127. The van der Waals surface area contributed by atoms with Crippen LogP contribution in [0.5, 0.6) is 5.75 Å². The average Bonchev–Trinajstić information content (AvgIpc) is 3.22. The molecular formula is C32H32Cl2IN3O3. The van der Waals surface area contributed by atoms with Gasteiger partial charge in [-0.2, -0.15) is 0 Å². The number of fused-ring (bicyclic) bond motifs is 2. The first-order chi connectivity index (χ1) is 19.7. The van der Waals surface area contributed by atoms with E-state index in [0.29, 0.717) is 27.5 Å². The van der Waals surface area contributed by atoms with Crippen LogP contribution in [0.3, 0.4) is 0 Å². The average molecular weight is 704 g/mol. The number of amides is 2. The van der Waals surface area contributed by atoms with Crippen LogP contribution in [0.25, 0.3) is 0 Å². The third kappa shape index (κ3) is 5.24. The number of piperidine rings is 2. The normalized spacial score (nSPS) is 24.8. The molecule has 0 saturated carbocycles. The summed E-state index contributed by atoms with van der Waals surface area (Å²) in [6.07, 6.45) is 2.02. The Morgan fingerprint density at radius 1 is 1.00 bits per heavy atom. The number of hydrogen-bond acceptors (Lipinski definition) is 4. The third-order valence-electron chi connectivity index (χ3n) is 8.79. The monoisotopic (exact) mass is 703 g/mol. The van der Waals surface area contributed by atoms with E-state index in [2.05, 4.69) is 52.0 Å². The molecule has 1 spiro atoms. The second-order valence-corrected chi connectivity index (χ2v) is 13.6. The summed E-state index contributed by atoms with van der Waals surface area (Å²) >= 11 is 15.1. The largest absolute Gasteiger partial charge is 0.490 e. The Bertz CT molecular complexity index is 1510. The molecule has 6 nitrogen and oxygen atoms in total.